The molecule has 0 unspecified atom stereocenters. The fourth-order valence-corrected chi connectivity index (χ4v) is 1.08. The molecule has 0 aromatic rings. The van der Waals surface area contributed by atoms with Crippen molar-refractivity contribution in [1.29, 1.82) is 0 Å². The van der Waals surface area contributed by atoms with E-state index in [0.29, 0.717) is 0 Å². The molecule has 1 N–H and O–H groups in total. The summed E-state index contributed by atoms with van der Waals surface area (Å²) in [5.41, 5.74) is 0. The minimum absolute atomic E-state index is 0. The number of rotatable bonds is 5. The van der Waals surface area contributed by atoms with Crippen molar-refractivity contribution in [2.75, 3.05) is 12.4 Å². The van der Waals surface area contributed by atoms with Gasteiger partial charge in [-0.2, -0.15) is 8.42 Å². The number of ether oxygens (including phenoxy) is 1. The van der Waals surface area contributed by atoms with Crippen LogP contribution in [0.1, 0.15) is 14.8 Å². The Hall–Kier alpha value is -0.283. The second-order valence-electron chi connectivity index (χ2n) is 2.31. The van der Waals surface area contributed by atoms with Crippen LogP contribution in [-0.2, 0) is 19.6 Å². The Morgan fingerprint density at radius 1 is 1.57 bits per heavy atom. The van der Waals surface area contributed by atoms with Gasteiger partial charge in [0.1, 0.15) is 0 Å². The van der Waals surface area contributed by atoms with E-state index in [4.69, 9.17) is 4.55 Å². The summed E-state index contributed by atoms with van der Waals surface area (Å²) in [6.07, 6.45) is 2.85. The van der Waals surface area contributed by atoms with Crippen LogP contribution in [0.2, 0.25) is 0 Å². The molecule has 0 fully saturated rings. The van der Waals surface area contributed by atoms with Crippen LogP contribution >= 0.6 is 0 Å². The maximum absolute atomic E-state index is 10.6. The van der Waals surface area contributed by atoms with Crippen LogP contribution < -0.4 is 18.9 Å². The summed E-state index contributed by atoms with van der Waals surface area (Å²) in [6.45, 7) is 1.66. The summed E-state index contributed by atoms with van der Waals surface area (Å²) in [7, 11) is -3.94. The van der Waals surface area contributed by atoms with Crippen LogP contribution in [0, 0.1) is 0 Å². The zero-order chi connectivity index (χ0) is 10.3. The number of carbonyl (C=O) groups excluding carboxylic acids is 1. The van der Waals surface area contributed by atoms with Crippen molar-refractivity contribution in [3.05, 3.63) is 12.2 Å². The molecule has 0 rings (SSSR count). The van der Waals surface area contributed by atoms with Gasteiger partial charge in [-0.25, -0.2) is 4.79 Å². The minimum Gasteiger partial charge on any atom is -1.00 e. The van der Waals surface area contributed by atoms with Crippen molar-refractivity contribution in [2.24, 2.45) is 0 Å². The maximum Gasteiger partial charge on any atom is 1.00 e. The van der Waals surface area contributed by atoms with E-state index in [0.717, 1.165) is 0 Å². The average Bonchev–Trinajstić information content (AvgIpc) is 1.97. The molecule has 5 nitrogen and oxygen atoms in total. The van der Waals surface area contributed by atoms with Crippen LogP contribution in [0.4, 0.5) is 0 Å². The minimum atomic E-state index is -3.94. The van der Waals surface area contributed by atoms with Gasteiger partial charge < -0.3 is 6.16 Å². The first-order valence-electron chi connectivity index (χ1n) is 3.70. The first-order valence-corrected chi connectivity index (χ1v) is 5.31. The third-order valence-electron chi connectivity index (χ3n) is 1.09. The van der Waals surface area contributed by atoms with E-state index >= 15 is 0 Å². The molecule has 0 aliphatic heterocycles. The molecule has 0 aromatic carbocycles. The van der Waals surface area contributed by atoms with Gasteiger partial charge in [0.2, 0.25) is 0 Å². The Balaban J connectivity index is -0.000000720. The van der Waals surface area contributed by atoms with Gasteiger partial charge in [-0.05, 0) is 13.3 Å². The molecule has 0 spiro atoms. The Morgan fingerprint density at radius 2 is 2.14 bits per heavy atom. The zero-order valence-corrected chi connectivity index (χ0v) is 9.08. The van der Waals surface area contributed by atoms with Crippen molar-refractivity contribution < 1.29 is 42.8 Å². The van der Waals surface area contributed by atoms with Gasteiger partial charge in [-0.3, -0.25) is 4.55 Å². The molecule has 0 aromatic heterocycles. The molecule has 0 saturated carbocycles. The van der Waals surface area contributed by atoms with Gasteiger partial charge in [-0.15, -0.1) is 0 Å². The monoisotopic (exact) mass is 216 g/mol. The van der Waals surface area contributed by atoms with E-state index < -0.39 is 21.8 Å². The first kappa shape index (κ1) is 16.2. The Bertz CT molecular complexity index is 288. The Kier molecular flexibility index (Phi) is 9.30. The normalized spacial score (nSPS) is 11.0. The largest absolute Gasteiger partial charge is 1.00 e. The molecule has 0 aliphatic carbocycles. The number of esters is 1. The summed E-state index contributed by atoms with van der Waals surface area (Å²) >= 11 is 0. The molecule has 0 heterocycles. The van der Waals surface area contributed by atoms with Gasteiger partial charge in [0.05, 0.1) is 12.4 Å². The molecule has 0 amide bonds. The van der Waals surface area contributed by atoms with Crippen molar-refractivity contribution in [1.82, 2.24) is 0 Å². The van der Waals surface area contributed by atoms with Gasteiger partial charge in [0.25, 0.3) is 10.1 Å². The summed E-state index contributed by atoms with van der Waals surface area (Å²) in [6, 6.07) is 0. The van der Waals surface area contributed by atoms with Crippen molar-refractivity contribution in [2.45, 2.75) is 13.3 Å². The number of hydrogen-bond donors (Lipinski definition) is 1. The molecule has 7 heteroatoms. The van der Waals surface area contributed by atoms with Crippen LogP contribution in [0.5, 0.6) is 0 Å². The molecular weight excluding hydrogens is 203 g/mol. The Morgan fingerprint density at radius 3 is 2.57 bits per heavy atom. The molecule has 0 aliphatic rings. The smallest absolute Gasteiger partial charge is 1.00 e. The fraction of sp³-hybridized carbons (Fsp3) is 0.571. The summed E-state index contributed by atoms with van der Waals surface area (Å²) in [5, 5.41) is 0. The molecular formula is C7H13LiO5S. The molecule has 0 radical (unpaired) electrons. The standard InChI is InChI=1S/C7H12O5S.Li.H/c1-2-4-7(8)12-5-3-6-13(9,10)11;;/h2,4H,3,5-6H2,1H3,(H,9,10,11);;/q;+1;-1. The number of allylic oxidation sites excluding steroid dienone is 1. The third kappa shape index (κ3) is 11.7. The van der Waals surface area contributed by atoms with E-state index in [1.807, 2.05) is 0 Å². The van der Waals surface area contributed by atoms with E-state index in [-0.39, 0.29) is 33.3 Å². The second kappa shape index (κ2) is 8.06. The van der Waals surface area contributed by atoms with Crippen LogP contribution in [0.15, 0.2) is 12.2 Å². The Labute approximate surface area is 96.9 Å². The molecule has 14 heavy (non-hydrogen) atoms. The molecule has 78 valence electrons. The third-order valence-corrected chi connectivity index (χ3v) is 1.90. The van der Waals surface area contributed by atoms with Gasteiger partial charge in [-0.1, -0.05) is 6.08 Å². The SMILES string of the molecule is CC=CC(=O)OCCCS(=O)(=O)O.[H-].[Li+]. The zero-order valence-electron chi connectivity index (χ0n) is 9.26. The quantitative estimate of drug-likeness (QED) is 0.181. The maximum atomic E-state index is 10.6. The van der Waals surface area contributed by atoms with E-state index in [2.05, 4.69) is 4.74 Å². The van der Waals surface area contributed by atoms with Gasteiger partial charge in [0, 0.05) is 6.08 Å². The summed E-state index contributed by atoms with van der Waals surface area (Å²) in [4.78, 5) is 10.6. The van der Waals surface area contributed by atoms with E-state index in [9.17, 15) is 13.2 Å². The fourth-order valence-electron chi connectivity index (χ4n) is 0.598. The predicted octanol–water partition coefficient (Wildman–Crippen LogP) is -2.50. The predicted molar refractivity (Wildman–Crippen MR) is 47.9 cm³/mol. The van der Waals surface area contributed by atoms with Crippen LogP contribution in [-0.4, -0.2) is 31.3 Å². The second-order valence-corrected chi connectivity index (χ2v) is 3.88. The van der Waals surface area contributed by atoms with Gasteiger partial charge in [0.15, 0.2) is 0 Å². The average molecular weight is 216 g/mol. The van der Waals surface area contributed by atoms with Crippen LogP contribution in [0.3, 0.4) is 0 Å². The molecule has 0 bridgehead atoms. The van der Waals surface area contributed by atoms with Gasteiger partial charge >= 0.3 is 24.8 Å². The van der Waals surface area contributed by atoms with E-state index in [1.54, 1.807) is 6.92 Å². The van der Waals surface area contributed by atoms with Crippen molar-refractivity contribution in [3.63, 3.8) is 0 Å². The summed E-state index contributed by atoms with van der Waals surface area (Å²) < 4.78 is 33.3. The summed E-state index contributed by atoms with van der Waals surface area (Å²) in [5.74, 6) is -0.909. The number of hydrogen-bond acceptors (Lipinski definition) is 4. The van der Waals surface area contributed by atoms with Crippen LogP contribution in [0.25, 0.3) is 0 Å². The van der Waals surface area contributed by atoms with E-state index in [1.165, 1.54) is 12.2 Å². The topological polar surface area (TPSA) is 80.7 Å². The number of carbonyl (C=O) groups is 1. The first-order chi connectivity index (χ1) is 5.95. The molecule has 0 saturated heterocycles. The van der Waals surface area contributed by atoms with Crippen molar-refractivity contribution >= 4 is 16.1 Å². The van der Waals surface area contributed by atoms with Crippen molar-refractivity contribution in [3.8, 4) is 0 Å². The molecule has 0 atom stereocenters.